The molecule has 0 unspecified atom stereocenters. The molecule has 15 atom stereocenters. The third-order valence-corrected chi connectivity index (χ3v) is 6.05. The van der Waals surface area contributed by atoms with Crippen LogP contribution in [0.5, 0.6) is 0 Å². The molecule has 33 heavy (non-hydrogen) atoms. The number of aliphatic hydroxyl groups excluding tert-OH is 10. The fourth-order valence-corrected chi connectivity index (χ4v) is 3.99. The van der Waals surface area contributed by atoms with Crippen molar-refractivity contribution >= 4 is 0 Å². The molecule has 0 radical (unpaired) electrons. The highest BCUT2D eigenvalue weighted by Crippen LogP contribution is 2.32. The Bertz CT molecular complexity index is 624. The van der Waals surface area contributed by atoms with Crippen molar-refractivity contribution in [1.29, 1.82) is 0 Å². The number of ether oxygens (including phenoxy) is 5. The second-order valence-electron chi connectivity index (χ2n) is 8.32. The minimum absolute atomic E-state index is 0.739. The molecule has 3 aliphatic rings. The molecule has 3 rings (SSSR count). The van der Waals surface area contributed by atoms with Crippen LogP contribution in [0.3, 0.4) is 0 Å². The molecule has 0 aromatic rings. The summed E-state index contributed by atoms with van der Waals surface area (Å²) in [5, 5.41) is 99.8. The molecule has 0 saturated carbocycles. The van der Waals surface area contributed by atoms with Crippen molar-refractivity contribution in [2.24, 2.45) is 0 Å². The van der Waals surface area contributed by atoms with Crippen molar-refractivity contribution in [2.45, 2.75) is 99.0 Å². The van der Waals surface area contributed by atoms with Crippen molar-refractivity contribution in [3.63, 3.8) is 0 Å². The first-order chi connectivity index (χ1) is 15.5. The summed E-state index contributed by atoms with van der Waals surface area (Å²) in [7, 11) is 0. The molecule has 10 N–H and O–H groups in total. The SMILES string of the molecule is C[C@H]1O[C@H](O[C@@H]2[C@@H](O)[C@@H](O)O[C@H](CO)[C@@H]2O[C@H]2O[C@H](CO)[C@@H](O)[C@H](O)[C@H]2O)[C@H](O)[C@@H](O)[C@H]1O. The summed E-state index contributed by atoms with van der Waals surface area (Å²) in [4.78, 5) is 0. The van der Waals surface area contributed by atoms with Crippen molar-refractivity contribution in [3.05, 3.63) is 0 Å². The summed E-state index contributed by atoms with van der Waals surface area (Å²) < 4.78 is 26.9. The van der Waals surface area contributed by atoms with Crippen molar-refractivity contribution < 1.29 is 74.7 Å². The maximum Gasteiger partial charge on any atom is 0.187 e. The maximum atomic E-state index is 10.5. The van der Waals surface area contributed by atoms with E-state index in [1.165, 1.54) is 6.92 Å². The van der Waals surface area contributed by atoms with E-state index in [1.54, 1.807) is 0 Å². The molecule has 0 spiro atoms. The number of hydrogen-bond acceptors (Lipinski definition) is 15. The first-order valence-corrected chi connectivity index (χ1v) is 10.4. The molecular formula is C18H32O15. The van der Waals surface area contributed by atoms with Gasteiger partial charge in [0, 0.05) is 0 Å². The average molecular weight is 488 g/mol. The molecule has 194 valence electrons. The van der Waals surface area contributed by atoms with Crippen molar-refractivity contribution in [1.82, 2.24) is 0 Å². The summed E-state index contributed by atoms with van der Waals surface area (Å²) in [6.45, 7) is -0.127. The maximum absolute atomic E-state index is 10.5. The monoisotopic (exact) mass is 488 g/mol. The smallest absolute Gasteiger partial charge is 0.187 e. The minimum Gasteiger partial charge on any atom is -0.394 e. The summed E-state index contributed by atoms with van der Waals surface area (Å²) in [5.41, 5.74) is 0. The lowest BCUT2D eigenvalue weighted by Crippen LogP contribution is -2.66. The van der Waals surface area contributed by atoms with Crippen LogP contribution in [0, 0.1) is 0 Å². The molecule has 15 heteroatoms. The average Bonchev–Trinajstić information content (AvgIpc) is 2.80. The van der Waals surface area contributed by atoms with Crippen LogP contribution in [0.15, 0.2) is 0 Å². The van der Waals surface area contributed by atoms with Gasteiger partial charge in [0.05, 0.1) is 19.3 Å². The van der Waals surface area contributed by atoms with Crippen molar-refractivity contribution in [3.8, 4) is 0 Å². The van der Waals surface area contributed by atoms with Gasteiger partial charge in [-0.1, -0.05) is 0 Å². The van der Waals surface area contributed by atoms with E-state index in [9.17, 15) is 51.1 Å². The highest BCUT2D eigenvalue weighted by atomic mass is 16.8. The van der Waals surface area contributed by atoms with Gasteiger partial charge in [-0.05, 0) is 6.92 Å². The van der Waals surface area contributed by atoms with E-state index in [1.807, 2.05) is 0 Å². The second kappa shape index (κ2) is 11.0. The number of rotatable bonds is 6. The van der Waals surface area contributed by atoms with Crippen LogP contribution >= 0.6 is 0 Å². The van der Waals surface area contributed by atoms with Gasteiger partial charge in [0.1, 0.15) is 67.1 Å². The number of aliphatic hydroxyl groups is 10. The molecule has 0 aromatic heterocycles. The van der Waals surface area contributed by atoms with Crippen LogP contribution < -0.4 is 0 Å². The molecule has 0 aromatic carbocycles. The lowest BCUT2D eigenvalue weighted by atomic mass is 9.96. The molecular weight excluding hydrogens is 456 g/mol. The van der Waals surface area contributed by atoms with Gasteiger partial charge in [-0.25, -0.2) is 0 Å². The molecule has 15 nitrogen and oxygen atoms in total. The van der Waals surface area contributed by atoms with Gasteiger partial charge >= 0.3 is 0 Å². The summed E-state index contributed by atoms with van der Waals surface area (Å²) in [5.74, 6) is 0. The zero-order chi connectivity index (χ0) is 24.6. The van der Waals surface area contributed by atoms with Gasteiger partial charge in [0.2, 0.25) is 0 Å². The lowest BCUT2D eigenvalue weighted by molar-refractivity contribution is -0.382. The third kappa shape index (κ3) is 5.32. The van der Waals surface area contributed by atoms with Crippen LogP contribution in [0.25, 0.3) is 0 Å². The quantitative estimate of drug-likeness (QED) is 0.167. The Labute approximate surface area is 187 Å². The van der Waals surface area contributed by atoms with Crippen LogP contribution in [0.2, 0.25) is 0 Å². The Hall–Kier alpha value is -0.600. The van der Waals surface area contributed by atoms with Gasteiger partial charge in [-0.2, -0.15) is 0 Å². The predicted molar refractivity (Wildman–Crippen MR) is 99.8 cm³/mol. The fourth-order valence-electron chi connectivity index (χ4n) is 3.99. The lowest BCUT2D eigenvalue weighted by Gasteiger charge is -2.48. The standard InChI is InChI=1S/C18H32O15/c1-4-7(21)9(23)11(25)17(29-4)33-15-13(27)16(28)30-6(3-20)14(15)32-18-12(26)10(24)8(22)5(2-19)31-18/h4-28H,2-3H2,1H3/t4-,5-,6-,7+,8-,9+,10+,11-,12-,13-,14+,15-,16+,17-,18-/m1/s1. The van der Waals surface area contributed by atoms with Gasteiger partial charge in [-0.3, -0.25) is 0 Å². The zero-order valence-electron chi connectivity index (χ0n) is 17.6. The van der Waals surface area contributed by atoms with E-state index in [2.05, 4.69) is 0 Å². The van der Waals surface area contributed by atoms with E-state index in [0.29, 0.717) is 0 Å². The highest BCUT2D eigenvalue weighted by Gasteiger charge is 2.53. The predicted octanol–water partition coefficient (Wildman–Crippen LogP) is -6.55. The molecule has 0 aliphatic carbocycles. The normalized spacial score (nSPS) is 53.7. The zero-order valence-corrected chi connectivity index (χ0v) is 17.6. The van der Waals surface area contributed by atoms with E-state index in [4.69, 9.17) is 23.7 Å². The summed E-state index contributed by atoms with van der Waals surface area (Å²) >= 11 is 0. The first kappa shape index (κ1) is 27.0. The molecule has 3 fully saturated rings. The van der Waals surface area contributed by atoms with Crippen molar-refractivity contribution in [2.75, 3.05) is 13.2 Å². The third-order valence-electron chi connectivity index (χ3n) is 6.05. The van der Waals surface area contributed by atoms with E-state index in [-0.39, 0.29) is 0 Å². The Balaban J connectivity index is 1.83. The minimum atomic E-state index is -1.88. The Morgan fingerprint density at radius 2 is 1.06 bits per heavy atom. The van der Waals surface area contributed by atoms with Gasteiger partial charge < -0.3 is 74.7 Å². The molecule has 3 saturated heterocycles. The van der Waals surface area contributed by atoms with Crippen LogP contribution in [-0.2, 0) is 23.7 Å². The van der Waals surface area contributed by atoms with Crippen LogP contribution in [0.4, 0.5) is 0 Å². The topological polar surface area (TPSA) is 248 Å². The van der Waals surface area contributed by atoms with Crippen LogP contribution in [-0.4, -0.2) is 156 Å². The Morgan fingerprint density at radius 1 is 0.545 bits per heavy atom. The Kier molecular flexibility index (Phi) is 8.99. The van der Waals surface area contributed by atoms with Gasteiger partial charge in [0.25, 0.3) is 0 Å². The van der Waals surface area contributed by atoms with Gasteiger partial charge in [0.15, 0.2) is 18.9 Å². The molecule has 3 heterocycles. The Morgan fingerprint density at radius 3 is 1.64 bits per heavy atom. The molecule has 3 aliphatic heterocycles. The second-order valence-corrected chi connectivity index (χ2v) is 8.32. The summed E-state index contributed by atoms with van der Waals surface area (Å²) in [6, 6.07) is 0. The van der Waals surface area contributed by atoms with Gasteiger partial charge in [-0.15, -0.1) is 0 Å². The highest BCUT2D eigenvalue weighted by molar-refractivity contribution is 4.96. The first-order valence-electron chi connectivity index (χ1n) is 10.4. The van der Waals surface area contributed by atoms with Crippen LogP contribution in [0.1, 0.15) is 6.92 Å². The summed E-state index contributed by atoms with van der Waals surface area (Å²) in [6.07, 6.45) is -24.0. The largest absolute Gasteiger partial charge is 0.394 e. The van der Waals surface area contributed by atoms with E-state index >= 15 is 0 Å². The molecule has 0 bridgehead atoms. The van der Waals surface area contributed by atoms with E-state index in [0.717, 1.165) is 0 Å². The number of hydrogen-bond donors (Lipinski definition) is 10. The van der Waals surface area contributed by atoms with E-state index < -0.39 is 105 Å². The molecule has 0 amide bonds. The fraction of sp³-hybridized carbons (Fsp3) is 1.00.